The molecule has 0 heterocycles. The molecule has 0 aromatic heterocycles. The zero-order chi connectivity index (χ0) is 12.1. The van der Waals surface area contributed by atoms with Gasteiger partial charge in [-0.1, -0.05) is 12.1 Å². The molecule has 0 bridgehead atoms. The molecule has 0 aliphatic heterocycles. The number of nitrogen functional groups attached to an aromatic ring is 1. The molecule has 1 amide bonds. The van der Waals surface area contributed by atoms with E-state index in [9.17, 15) is 4.79 Å². The van der Waals surface area contributed by atoms with Gasteiger partial charge in [-0.05, 0) is 18.6 Å². The number of para-hydroxylation sites is 1. The summed E-state index contributed by atoms with van der Waals surface area (Å²) in [6.45, 7) is 2.64. The van der Waals surface area contributed by atoms with Crippen LogP contribution in [0, 0.1) is 6.92 Å². The molecule has 0 atom stereocenters. The van der Waals surface area contributed by atoms with E-state index in [-0.39, 0.29) is 5.91 Å². The molecule has 0 saturated carbocycles. The van der Waals surface area contributed by atoms with Crippen LogP contribution < -0.4 is 16.0 Å². The van der Waals surface area contributed by atoms with Crippen LogP contribution in [0.1, 0.15) is 12.0 Å². The topological polar surface area (TPSA) is 58.4 Å². The first-order chi connectivity index (χ1) is 7.56. The second kappa shape index (κ2) is 5.39. The predicted molar refractivity (Wildman–Crippen MR) is 67.5 cm³/mol. The largest absolute Gasteiger partial charge is 0.397 e. The smallest absolute Gasteiger partial charge is 0.221 e. The summed E-state index contributed by atoms with van der Waals surface area (Å²) in [5.41, 5.74) is 8.80. The zero-order valence-corrected chi connectivity index (χ0v) is 10.1. The second-order valence-corrected chi connectivity index (χ2v) is 3.85. The first-order valence-electron chi connectivity index (χ1n) is 5.33. The van der Waals surface area contributed by atoms with E-state index in [1.807, 2.05) is 37.1 Å². The van der Waals surface area contributed by atoms with E-state index in [0.29, 0.717) is 13.0 Å². The van der Waals surface area contributed by atoms with Crippen LogP contribution in [0.2, 0.25) is 0 Å². The fourth-order valence-electron chi connectivity index (χ4n) is 1.51. The lowest BCUT2D eigenvalue weighted by Crippen LogP contribution is -2.26. The van der Waals surface area contributed by atoms with E-state index < -0.39 is 0 Å². The summed E-state index contributed by atoms with van der Waals surface area (Å²) in [5.74, 6) is 0.0399. The van der Waals surface area contributed by atoms with Gasteiger partial charge >= 0.3 is 0 Å². The minimum atomic E-state index is 0.0399. The number of carbonyl (C=O) groups is 1. The lowest BCUT2D eigenvalue weighted by Gasteiger charge is -2.21. The van der Waals surface area contributed by atoms with E-state index in [4.69, 9.17) is 5.73 Å². The Morgan fingerprint density at radius 1 is 1.50 bits per heavy atom. The molecule has 4 heteroatoms. The third-order valence-corrected chi connectivity index (χ3v) is 2.67. The average molecular weight is 221 g/mol. The number of hydrogen-bond donors (Lipinski definition) is 2. The monoisotopic (exact) mass is 221 g/mol. The van der Waals surface area contributed by atoms with E-state index in [1.165, 1.54) is 0 Å². The molecule has 88 valence electrons. The van der Waals surface area contributed by atoms with Gasteiger partial charge < -0.3 is 16.0 Å². The molecule has 0 aliphatic rings. The fourth-order valence-corrected chi connectivity index (χ4v) is 1.51. The summed E-state index contributed by atoms with van der Waals surface area (Å²) in [7, 11) is 3.58. The van der Waals surface area contributed by atoms with Gasteiger partial charge in [0.15, 0.2) is 0 Å². The molecule has 0 aliphatic carbocycles. The van der Waals surface area contributed by atoms with Crippen molar-refractivity contribution in [3.8, 4) is 0 Å². The Bertz CT molecular complexity index is 377. The quantitative estimate of drug-likeness (QED) is 0.750. The summed E-state index contributed by atoms with van der Waals surface area (Å²) >= 11 is 0. The maximum atomic E-state index is 11.1. The van der Waals surface area contributed by atoms with Gasteiger partial charge in [-0.25, -0.2) is 0 Å². The van der Waals surface area contributed by atoms with Crippen molar-refractivity contribution >= 4 is 17.3 Å². The van der Waals surface area contributed by atoms with Crippen LogP contribution in [0.5, 0.6) is 0 Å². The minimum Gasteiger partial charge on any atom is -0.397 e. The maximum absolute atomic E-state index is 11.1. The number of anilines is 2. The Hall–Kier alpha value is -1.71. The lowest BCUT2D eigenvalue weighted by atomic mass is 10.1. The molecule has 1 aromatic rings. The van der Waals surface area contributed by atoms with Gasteiger partial charge in [0.25, 0.3) is 0 Å². The van der Waals surface area contributed by atoms with Gasteiger partial charge in [0.1, 0.15) is 0 Å². The third kappa shape index (κ3) is 2.89. The van der Waals surface area contributed by atoms with Crippen molar-refractivity contribution in [3.05, 3.63) is 23.8 Å². The molecule has 1 rings (SSSR count). The van der Waals surface area contributed by atoms with Gasteiger partial charge in [-0.3, -0.25) is 4.79 Å². The number of amides is 1. The zero-order valence-electron chi connectivity index (χ0n) is 10.1. The molecule has 0 spiro atoms. The van der Waals surface area contributed by atoms with E-state index >= 15 is 0 Å². The molecular weight excluding hydrogens is 202 g/mol. The van der Waals surface area contributed by atoms with Gasteiger partial charge in [0, 0.05) is 27.1 Å². The highest BCUT2D eigenvalue weighted by molar-refractivity contribution is 5.77. The molecule has 3 N–H and O–H groups in total. The third-order valence-electron chi connectivity index (χ3n) is 2.67. The number of nitrogens with zero attached hydrogens (tertiary/aromatic N) is 1. The first-order valence-corrected chi connectivity index (χ1v) is 5.33. The summed E-state index contributed by atoms with van der Waals surface area (Å²) in [5, 5.41) is 2.60. The molecule has 0 unspecified atom stereocenters. The Morgan fingerprint density at radius 2 is 2.19 bits per heavy atom. The number of benzene rings is 1. The number of carbonyl (C=O) groups excluding carboxylic acids is 1. The van der Waals surface area contributed by atoms with Crippen LogP contribution in [-0.4, -0.2) is 26.5 Å². The van der Waals surface area contributed by atoms with Crippen molar-refractivity contribution in [1.82, 2.24) is 5.32 Å². The molecule has 16 heavy (non-hydrogen) atoms. The van der Waals surface area contributed by atoms with Crippen LogP contribution in [0.25, 0.3) is 0 Å². The number of hydrogen-bond acceptors (Lipinski definition) is 3. The van der Waals surface area contributed by atoms with Crippen molar-refractivity contribution in [2.45, 2.75) is 13.3 Å². The van der Waals surface area contributed by atoms with Crippen LogP contribution >= 0.6 is 0 Å². The molecule has 1 aromatic carbocycles. The van der Waals surface area contributed by atoms with Gasteiger partial charge in [-0.15, -0.1) is 0 Å². The second-order valence-electron chi connectivity index (χ2n) is 3.85. The fraction of sp³-hybridized carbons (Fsp3) is 0.417. The average Bonchev–Trinajstić information content (AvgIpc) is 2.29. The maximum Gasteiger partial charge on any atom is 0.221 e. The van der Waals surface area contributed by atoms with E-state index in [2.05, 4.69) is 5.32 Å². The van der Waals surface area contributed by atoms with Crippen LogP contribution in [0.3, 0.4) is 0 Å². The molecular formula is C12H19N3O. The first kappa shape index (κ1) is 12.4. The van der Waals surface area contributed by atoms with E-state index in [1.54, 1.807) is 7.05 Å². The summed E-state index contributed by atoms with van der Waals surface area (Å²) < 4.78 is 0. The number of nitrogens with one attached hydrogen (secondary N) is 1. The lowest BCUT2D eigenvalue weighted by molar-refractivity contribution is -0.120. The minimum absolute atomic E-state index is 0.0399. The van der Waals surface area contributed by atoms with Gasteiger partial charge in [0.05, 0.1) is 11.4 Å². The Morgan fingerprint density at radius 3 is 2.81 bits per heavy atom. The van der Waals surface area contributed by atoms with Crippen LogP contribution in [0.4, 0.5) is 11.4 Å². The van der Waals surface area contributed by atoms with Crippen molar-refractivity contribution in [2.75, 3.05) is 31.3 Å². The Labute approximate surface area is 96.4 Å². The molecule has 0 saturated heterocycles. The summed E-state index contributed by atoms with van der Waals surface area (Å²) in [6.07, 6.45) is 0.473. The normalized spacial score (nSPS) is 9.94. The standard InChI is InChI=1S/C12H19N3O/c1-9-5-4-6-10(12(9)13)15(3)8-7-11(16)14-2/h4-6H,7-8,13H2,1-3H3,(H,14,16). The Balaban J connectivity index is 2.69. The summed E-state index contributed by atoms with van der Waals surface area (Å²) in [6, 6.07) is 5.91. The number of aryl methyl sites for hydroxylation is 1. The van der Waals surface area contributed by atoms with Crippen LogP contribution in [0.15, 0.2) is 18.2 Å². The van der Waals surface area contributed by atoms with Crippen molar-refractivity contribution in [2.24, 2.45) is 0 Å². The molecule has 0 radical (unpaired) electrons. The van der Waals surface area contributed by atoms with Crippen molar-refractivity contribution in [3.63, 3.8) is 0 Å². The molecule has 0 fully saturated rings. The van der Waals surface area contributed by atoms with Crippen LogP contribution in [-0.2, 0) is 4.79 Å². The highest BCUT2D eigenvalue weighted by atomic mass is 16.1. The predicted octanol–water partition coefficient (Wildman–Crippen LogP) is 1.15. The van der Waals surface area contributed by atoms with E-state index in [0.717, 1.165) is 16.9 Å². The highest BCUT2D eigenvalue weighted by Gasteiger charge is 2.08. The van der Waals surface area contributed by atoms with Crippen molar-refractivity contribution < 1.29 is 4.79 Å². The van der Waals surface area contributed by atoms with Gasteiger partial charge in [0.2, 0.25) is 5.91 Å². The Kier molecular flexibility index (Phi) is 4.17. The SMILES string of the molecule is CNC(=O)CCN(C)c1cccc(C)c1N. The van der Waals surface area contributed by atoms with Gasteiger partial charge in [-0.2, -0.15) is 0 Å². The number of rotatable bonds is 4. The number of nitrogens with two attached hydrogens (primary N) is 1. The van der Waals surface area contributed by atoms with Crippen molar-refractivity contribution in [1.29, 1.82) is 0 Å². The summed E-state index contributed by atoms with van der Waals surface area (Å²) in [4.78, 5) is 13.1. The molecule has 4 nitrogen and oxygen atoms in total. The highest BCUT2D eigenvalue weighted by Crippen LogP contribution is 2.24.